The molecule has 0 fully saturated rings. The largest absolute Gasteiger partial charge is 0.263 e. The number of nitroso groups, excluding NO2 is 1. The van der Waals surface area contributed by atoms with Gasteiger partial charge in [-0.05, 0) is 12.1 Å². The van der Waals surface area contributed by atoms with Crippen molar-refractivity contribution in [3.8, 4) is 0 Å². The second kappa shape index (κ2) is 4.54. The Balaban J connectivity index is 2.70. The van der Waals surface area contributed by atoms with Crippen molar-refractivity contribution in [2.75, 3.05) is 13.5 Å². The first-order valence-electron chi connectivity index (χ1n) is 5.47. The SMILES string of the molecule is [2H]C([2H])([2H])N(CC(C)c1ccccn1)N=O. The van der Waals surface area contributed by atoms with Crippen LogP contribution in [0.25, 0.3) is 0 Å². The minimum Gasteiger partial charge on any atom is -0.263 e. The molecule has 0 bridgehead atoms. The van der Waals surface area contributed by atoms with Crippen molar-refractivity contribution in [1.82, 2.24) is 9.99 Å². The van der Waals surface area contributed by atoms with Gasteiger partial charge in [0, 0.05) is 35.4 Å². The number of hydrogen-bond acceptors (Lipinski definition) is 3. The molecule has 0 amide bonds. The molecular formula is C9H13N3O. The Bertz CT molecular complexity index is 342. The van der Waals surface area contributed by atoms with Crippen molar-refractivity contribution in [3.63, 3.8) is 0 Å². The topological polar surface area (TPSA) is 45.6 Å². The van der Waals surface area contributed by atoms with E-state index in [0.717, 1.165) is 5.69 Å². The molecular weight excluding hydrogens is 166 g/mol. The quantitative estimate of drug-likeness (QED) is 0.527. The zero-order chi connectivity index (χ0) is 12.2. The van der Waals surface area contributed by atoms with Crippen molar-refractivity contribution in [1.29, 1.82) is 0 Å². The predicted molar refractivity (Wildman–Crippen MR) is 51.1 cm³/mol. The highest BCUT2D eigenvalue weighted by Crippen LogP contribution is 2.12. The van der Waals surface area contributed by atoms with Gasteiger partial charge in [-0.3, -0.25) is 9.99 Å². The van der Waals surface area contributed by atoms with Crippen LogP contribution < -0.4 is 0 Å². The van der Waals surface area contributed by atoms with Crippen LogP contribution in [-0.4, -0.2) is 23.5 Å². The number of hydrogen-bond donors (Lipinski definition) is 0. The highest BCUT2D eigenvalue weighted by Gasteiger charge is 2.08. The highest BCUT2D eigenvalue weighted by molar-refractivity contribution is 5.08. The fourth-order valence-corrected chi connectivity index (χ4v) is 1.05. The third kappa shape index (κ3) is 2.82. The Morgan fingerprint density at radius 2 is 2.62 bits per heavy atom. The van der Waals surface area contributed by atoms with Gasteiger partial charge < -0.3 is 0 Å². The van der Waals surface area contributed by atoms with Crippen LogP contribution in [0.1, 0.15) is 22.6 Å². The van der Waals surface area contributed by atoms with Crippen LogP contribution in [0, 0.1) is 4.91 Å². The van der Waals surface area contributed by atoms with Gasteiger partial charge in [-0.15, -0.1) is 4.91 Å². The summed E-state index contributed by atoms with van der Waals surface area (Å²) in [6.45, 7) is -0.673. The number of pyridine rings is 1. The van der Waals surface area contributed by atoms with E-state index >= 15 is 0 Å². The maximum Gasteiger partial charge on any atom is 0.0521 e. The molecule has 1 heterocycles. The first-order chi connectivity index (χ1) is 7.45. The maximum absolute atomic E-state index is 10.4. The van der Waals surface area contributed by atoms with Crippen LogP contribution in [0.4, 0.5) is 0 Å². The lowest BCUT2D eigenvalue weighted by atomic mass is 10.1. The lowest BCUT2D eigenvalue weighted by molar-refractivity contribution is 0.328. The molecule has 0 aliphatic heterocycles. The molecule has 0 aliphatic carbocycles. The number of aromatic nitrogens is 1. The second-order valence-electron chi connectivity index (χ2n) is 2.82. The smallest absolute Gasteiger partial charge is 0.0521 e. The third-order valence-electron chi connectivity index (χ3n) is 1.74. The first-order valence-corrected chi connectivity index (χ1v) is 3.97. The van der Waals surface area contributed by atoms with E-state index in [0.29, 0.717) is 5.01 Å². The summed E-state index contributed by atoms with van der Waals surface area (Å²) in [6.07, 6.45) is 1.62. The monoisotopic (exact) mass is 182 g/mol. The summed E-state index contributed by atoms with van der Waals surface area (Å²) in [5.74, 6) is -0.167. The summed E-state index contributed by atoms with van der Waals surface area (Å²) in [4.78, 5) is 14.5. The van der Waals surface area contributed by atoms with Gasteiger partial charge in [0.1, 0.15) is 0 Å². The van der Waals surface area contributed by atoms with E-state index in [1.54, 1.807) is 25.3 Å². The van der Waals surface area contributed by atoms with Crippen molar-refractivity contribution in [2.45, 2.75) is 12.8 Å². The van der Waals surface area contributed by atoms with Gasteiger partial charge in [0.05, 0.1) is 5.29 Å². The summed E-state index contributed by atoms with van der Waals surface area (Å²) in [5, 5.41) is 3.08. The van der Waals surface area contributed by atoms with E-state index < -0.39 is 6.98 Å². The summed E-state index contributed by atoms with van der Waals surface area (Å²) in [7, 11) is 0. The minimum absolute atomic E-state index is 0.0248. The van der Waals surface area contributed by atoms with E-state index in [-0.39, 0.29) is 12.5 Å². The standard InChI is InChI=1S/C9H13N3O/c1-8(7-12(2)11-13)9-5-3-4-6-10-9/h3-6,8H,7H2,1-2H3/i2D3. The zero-order valence-electron chi connectivity index (χ0n) is 10.3. The van der Waals surface area contributed by atoms with Gasteiger partial charge in [0.25, 0.3) is 0 Å². The van der Waals surface area contributed by atoms with Crippen molar-refractivity contribution in [2.24, 2.45) is 5.29 Å². The van der Waals surface area contributed by atoms with Crippen molar-refractivity contribution in [3.05, 3.63) is 35.0 Å². The van der Waals surface area contributed by atoms with Gasteiger partial charge in [0.15, 0.2) is 0 Å². The summed E-state index contributed by atoms with van der Waals surface area (Å²) < 4.78 is 21.3. The highest BCUT2D eigenvalue weighted by atomic mass is 16.3. The molecule has 1 atom stereocenters. The number of nitrogens with zero attached hydrogens (tertiary/aromatic N) is 3. The van der Waals surface area contributed by atoms with Gasteiger partial charge in [-0.1, -0.05) is 13.0 Å². The second-order valence-corrected chi connectivity index (χ2v) is 2.82. The molecule has 70 valence electrons. The molecule has 0 radical (unpaired) electrons. The van der Waals surface area contributed by atoms with Crippen molar-refractivity contribution >= 4 is 0 Å². The van der Waals surface area contributed by atoms with E-state index in [9.17, 15) is 4.91 Å². The molecule has 0 spiro atoms. The third-order valence-corrected chi connectivity index (χ3v) is 1.74. The van der Waals surface area contributed by atoms with Gasteiger partial charge in [-0.25, -0.2) is 0 Å². The Labute approximate surface area is 81.8 Å². The van der Waals surface area contributed by atoms with Crippen LogP contribution in [0.3, 0.4) is 0 Å². The Morgan fingerprint density at radius 1 is 1.77 bits per heavy atom. The van der Waals surface area contributed by atoms with Crippen molar-refractivity contribution < 1.29 is 4.11 Å². The number of rotatable bonds is 4. The Morgan fingerprint density at radius 3 is 3.15 bits per heavy atom. The van der Waals surface area contributed by atoms with E-state index in [2.05, 4.69) is 10.3 Å². The molecule has 1 unspecified atom stereocenters. The van der Waals surface area contributed by atoms with Crippen LogP contribution in [0.15, 0.2) is 29.7 Å². The van der Waals surface area contributed by atoms with Crippen LogP contribution in [0.2, 0.25) is 0 Å². The summed E-state index contributed by atoms with van der Waals surface area (Å²) >= 11 is 0. The molecule has 0 aliphatic rings. The molecule has 1 aromatic heterocycles. The lowest BCUT2D eigenvalue weighted by Gasteiger charge is -2.14. The molecule has 4 nitrogen and oxygen atoms in total. The van der Waals surface area contributed by atoms with Crippen LogP contribution in [-0.2, 0) is 0 Å². The molecule has 1 aromatic rings. The summed E-state index contributed by atoms with van der Waals surface area (Å²) in [5.41, 5.74) is 0.736. The van der Waals surface area contributed by atoms with Crippen LogP contribution in [0.5, 0.6) is 0 Å². The van der Waals surface area contributed by atoms with E-state index in [1.807, 2.05) is 6.07 Å². The van der Waals surface area contributed by atoms with E-state index in [4.69, 9.17) is 4.11 Å². The summed E-state index contributed by atoms with van der Waals surface area (Å²) in [6, 6.07) is 5.37. The lowest BCUT2D eigenvalue weighted by Crippen LogP contribution is -2.17. The minimum atomic E-state index is -2.50. The Hall–Kier alpha value is -1.45. The average Bonchev–Trinajstić information content (AvgIpc) is 2.25. The first kappa shape index (κ1) is 6.07. The molecule has 0 saturated carbocycles. The van der Waals surface area contributed by atoms with E-state index in [1.165, 1.54) is 0 Å². The molecule has 4 heteroatoms. The molecule has 13 heavy (non-hydrogen) atoms. The fraction of sp³-hybridized carbons (Fsp3) is 0.444. The number of likely N-dealkylation sites (N-methyl/N-ethyl adjacent to an activating group) is 1. The molecule has 1 rings (SSSR count). The fourth-order valence-electron chi connectivity index (χ4n) is 1.05. The normalized spacial score (nSPS) is 16.5. The zero-order valence-corrected chi connectivity index (χ0v) is 7.34. The van der Waals surface area contributed by atoms with Gasteiger partial charge in [-0.2, -0.15) is 0 Å². The maximum atomic E-state index is 10.4. The van der Waals surface area contributed by atoms with Gasteiger partial charge >= 0.3 is 0 Å². The predicted octanol–water partition coefficient (Wildman–Crippen LogP) is 1.80. The Kier molecular flexibility index (Phi) is 2.12. The van der Waals surface area contributed by atoms with Gasteiger partial charge in [0.2, 0.25) is 0 Å². The molecule has 0 saturated heterocycles. The molecule has 0 N–H and O–H groups in total. The van der Waals surface area contributed by atoms with Crippen LogP contribution >= 0.6 is 0 Å². The average molecular weight is 182 g/mol. The molecule has 0 aromatic carbocycles.